The zero-order valence-electron chi connectivity index (χ0n) is 21.9. The Kier molecular flexibility index (Phi) is 9.89. The topological polar surface area (TPSA) is 115 Å². The number of halogens is 2. The third-order valence-electron chi connectivity index (χ3n) is 7.17. The van der Waals surface area contributed by atoms with E-state index in [9.17, 15) is 14.4 Å². The average molecular weight is 552 g/mol. The molecule has 0 radical (unpaired) electrons. The molecule has 2 heterocycles. The largest absolute Gasteiger partial charge is 0.404 e. The molecule has 1 aromatic heterocycles. The minimum absolute atomic E-state index is 0.0156. The minimum Gasteiger partial charge on any atom is -0.404 e. The van der Waals surface area contributed by atoms with E-state index in [2.05, 4.69) is 4.98 Å². The summed E-state index contributed by atoms with van der Waals surface area (Å²) in [5, 5.41) is 0.244. The van der Waals surface area contributed by atoms with Crippen molar-refractivity contribution in [1.29, 1.82) is 0 Å². The van der Waals surface area contributed by atoms with Gasteiger partial charge >= 0.3 is 0 Å². The summed E-state index contributed by atoms with van der Waals surface area (Å²) >= 11 is 12.4. The van der Waals surface area contributed by atoms with Gasteiger partial charge in [0, 0.05) is 36.8 Å². The molecule has 202 valence electrons. The molecule has 1 amide bonds. The van der Waals surface area contributed by atoms with Crippen molar-refractivity contribution < 1.29 is 19.1 Å². The Balaban J connectivity index is 1.81. The normalized spacial score (nSPS) is 24.1. The Labute approximate surface area is 228 Å². The second-order valence-corrected chi connectivity index (χ2v) is 11.4. The fourth-order valence-electron chi connectivity index (χ4n) is 5.07. The molecule has 1 aliphatic carbocycles. The number of ketones is 2. The zero-order chi connectivity index (χ0) is 27.3. The first-order valence-corrected chi connectivity index (χ1v) is 13.4. The maximum atomic E-state index is 13.8. The first-order valence-electron chi connectivity index (χ1n) is 12.7. The molecule has 1 saturated heterocycles. The van der Waals surface area contributed by atoms with Crippen molar-refractivity contribution in [3.05, 3.63) is 39.8 Å². The van der Waals surface area contributed by atoms with Crippen molar-refractivity contribution in [3.8, 4) is 0 Å². The summed E-state index contributed by atoms with van der Waals surface area (Å²) in [5.74, 6) is -0.522. The number of pyridine rings is 1. The van der Waals surface area contributed by atoms with Crippen LogP contribution in [0.25, 0.3) is 0 Å². The highest BCUT2D eigenvalue weighted by Gasteiger charge is 2.35. The first kappa shape index (κ1) is 29.3. The lowest BCUT2D eigenvalue weighted by Gasteiger charge is -2.28. The molecular weight excluding hydrogens is 515 g/mol. The Hall–Kier alpha value is -2.29. The molecule has 0 bridgehead atoms. The van der Waals surface area contributed by atoms with Gasteiger partial charge in [-0.25, -0.2) is 0 Å². The number of nitrogens with zero attached hydrogens (tertiary/aromatic N) is 3. The van der Waals surface area contributed by atoms with Crippen LogP contribution in [0.5, 0.6) is 0 Å². The molecule has 1 aliphatic heterocycles. The van der Waals surface area contributed by atoms with Crippen molar-refractivity contribution in [1.82, 2.24) is 9.88 Å². The standard InChI is InChI=1S/C27H36Cl2N4O4/c1-16(32-19-7-5-18(6-8-19)17(2)34)21(11-30)26(36)33(14-20-9-10-27(3,4)37-20)15-24(35)25-22(28)12-31-13-23(25)29/h11-13,18-20H,5-10,14-15,30H2,1-4H3/t18?,19?,20-/m0/s1. The molecule has 2 aliphatic rings. The van der Waals surface area contributed by atoms with Crippen LogP contribution >= 0.6 is 23.2 Å². The quantitative estimate of drug-likeness (QED) is 0.268. The van der Waals surface area contributed by atoms with Crippen LogP contribution in [-0.2, 0) is 14.3 Å². The van der Waals surface area contributed by atoms with E-state index >= 15 is 0 Å². The molecule has 37 heavy (non-hydrogen) atoms. The zero-order valence-corrected chi connectivity index (χ0v) is 23.4. The van der Waals surface area contributed by atoms with E-state index < -0.39 is 11.7 Å². The van der Waals surface area contributed by atoms with E-state index in [-0.39, 0.29) is 63.7 Å². The Morgan fingerprint density at radius 2 is 1.76 bits per heavy atom. The van der Waals surface area contributed by atoms with E-state index in [0.29, 0.717) is 5.71 Å². The minimum atomic E-state index is -0.413. The summed E-state index contributed by atoms with van der Waals surface area (Å²) in [4.78, 5) is 48.8. The van der Waals surface area contributed by atoms with Gasteiger partial charge in [0.1, 0.15) is 5.78 Å². The van der Waals surface area contributed by atoms with Gasteiger partial charge in [0.25, 0.3) is 5.91 Å². The van der Waals surface area contributed by atoms with Crippen LogP contribution in [0, 0.1) is 5.92 Å². The second-order valence-electron chi connectivity index (χ2n) is 10.5. The van der Waals surface area contributed by atoms with E-state index in [0.717, 1.165) is 38.5 Å². The molecule has 2 fully saturated rings. The molecule has 0 spiro atoms. The highest BCUT2D eigenvalue weighted by Crippen LogP contribution is 2.31. The van der Waals surface area contributed by atoms with E-state index in [1.54, 1.807) is 13.8 Å². The number of aromatic nitrogens is 1. The van der Waals surface area contributed by atoms with E-state index in [4.69, 9.17) is 38.7 Å². The monoisotopic (exact) mass is 550 g/mol. The van der Waals surface area contributed by atoms with Crippen molar-refractivity contribution in [2.45, 2.75) is 84.0 Å². The van der Waals surface area contributed by atoms with E-state index in [1.165, 1.54) is 23.5 Å². The lowest BCUT2D eigenvalue weighted by molar-refractivity contribution is -0.128. The van der Waals surface area contributed by atoms with Crippen molar-refractivity contribution in [2.24, 2.45) is 16.6 Å². The van der Waals surface area contributed by atoms with Crippen LogP contribution < -0.4 is 5.73 Å². The number of carbonyl (C=O) groups is 3. The molecular formula is C27H36Cl2N4O4. The first-order chi connectivity index (χ1) is 17.4. The molecule has 8 nitrogen and oxygen atoms in total. The van der Waals surface area contributed by atoms with Crippen LogP contribution in [0.4, 0.5) is 0 Å². The molecule has 0 aromatic carbocycles. The molecule has 3 rings (SSSR count). The summed E-state index contributed by atoms with van der Waals surface area (Å²) in [5.41, 5.74) is 6.47. The highest BCUT2D eigenvalue weighted by atomic mass is 35.5. The number of carbonyl (C=O) groups excluding carboxylic acids is 3. The number of rotatable bonds is 9. The van der Waals surface area contributed by atoms with Crippen LogP contribution in [0.3, 0.4) is 0 Å². The van der Waals surface area contributed by atoms with Gasteiger partial charge in [-0.2, -0.15) is 0 Å². The third kappa shape index (κ3) is 7.62. The van der Waals surface area contributed by atoms with Crippen LogP contribution in [0.1, 0.15) is 76.6 Å². The van der Waals surface area contributed by atoms with Crippen molar-refractivity contribution >= 4 is 46.4 Å². The van der Waals surface area contributed by atoms with Crippen molar-refractivity contribution in [2.75, 3.05) is 13.1 Å². The van der Waals surface area contributed by atoms with Gasteiger partial charge in [-0.1, -0.05) is 23.2 Å². The molecule has 1 aromatic rings. The van der Waals surface area contributed by atoms with Crippen molar-refractivity contribution in [3.63, 3.8) is 0 Å². The van der Waals surface area contributed by atoms with Gasteiger partial charge in [0.15, 0.2) is 5.78 Å². The lowest BCUT2D eigenvalue weighted by Crippen LogP contribution is -2.43. The number of Topliss-reactive ketones (excluding diaryl/α,β-unsaturated/α-hetero) is 2. The summed E-state index contributed by atoms with van der Waals surface area (Å²) < 4.78 is 6.11. The molecule has 10 heteroatoms. The highest BCUT2D eigenvalue weighted by molar-refractivity contribution is 6.39. The number of amides is 1. The SMILES string of the molecule is CC(=O)C1CCC(N=C(C)C(=CN)C(=O)N(CC(=O)c2c(Cl)cncc2Cl)C[C@@H]2CCC(C)(C)O2)CC1. The van der Waals surface area contributed by atoms with Gasteiger partial charge < -0.3 is 15.4 Å². The Morgan fingerprint density at radius 1 is 1.14 bits per heavy atom. The fraction of sp³-hybridized carbons (Fsp3) is 0.593. The van der Waals surface area contributed by atoms with Gasteiger partial charge in [0.05, 0.1) is 45.5 Å². The average Bonchev–Trinajstić information content (AvgIpc) is 3.17. The number of aliphatic imine (C=N–C) groups is 1. The molecule has 1 saturated carbocycles. The number of ether oxygens (including phenoxy) is 1. The molecule has 0 unspecified atom stereocenters. The van der Waals surface area contributed by atoms with Gasteiger partial charge in [-0.3, -0.25) is 24.4 Å². The number of nitrogens with two attached hydrogens (primary N) is 1. The molecule has 2 N–H and O–H groups in total. The van der Waals surface area contributed by atoms with E-state index in [1.807, 2.05) is 13.8 Å². The maximum absolute atomic E-state index is 13.8. The predicted molar refractivity (Wildman–Crippen MR) is 145 cm³/mol. The maximum Gasteiger partial charge on any atom is 0.257 e. The summed E-state index contributed by atoms with van der Waals surface area (Å²) in [6, 6.07) is 0.0156. The Bertz CT molecular complexity index is 1070. The summed E-state index contributed by atoms with van der Waals surface area (Å²) in [7, 11) is 0. The van der Waals surface area contributed by atoms with Crippen LogP contribution in [0.2, 0.25) is 10.0 Å². The fourth-order valence-corrected chi connectivity index (χ4v) is 5.65. The van der Waals surface area contributed by atoms with Gasteiger partial charge in [-0.15, -0.1) is 0 Å². The van der Waals surface area contributed by atoms with Gasteiger partial charge in [-0.05, 0) is 66.2 Å². The van der Waals surface area contributed by atoms with Crippen LogP contribution in [0.15, 0.2) is 29.2 Å². The second kappa shape index (κ2) is 12.5. The Morgan fingerprint density at radius 3 is 2.27 bits per heavy atom. The summed E-state index contributed by atoms with van der Waals surface area (Å²) in [6.45, 7) is 7.34. The number of hydrogen-bond acceptors (Lipinski definition) is 7. The molecule has 1 atom stereocenters. The number of hydrogen-bond donors (Lipinski definition) is 1. The van der Waals surface area contributed by atoms with Gasteiger partial charge in [0.2, 0.25) is 0 Å². The summed E-state index contributed by atoms with van der Waals surface area (Å²) in [6.07, 6.45) is 8.44. The predicted octanol–water partition coefficient (Wildman–Crippen LogP) is 4.81. The smallest absolute Gasteiger partial charge is 0.257 e. The third-order valence-corrected chi connectivity index (χ3v) is 7.74. The lowest BCUT2D eigenvalue weighted by atomic mass is 9.84. The van der Waals surface area contributed by atoms with Crippen LogP contribution in [-0.4, -0.2) is 63.9 Å².